The predicted molar refractivity (Wildman–Crippen MR) is 61.9 cm³/mol. The summed E-state index contributed by atoms with van der Waals surface area (Å²) in [5.41, 5.74) is 7.14. The number of morpholine rings is 1. The number of benzene rings is 1. The van der Waals surface area contributed by atoms with Crippen LogP contribution in [0, 0.1) is 5.82 Å². The van der Waals surface area contributed by atoms with Crippen LogP contribution in [0.25, 0.3) is 0 Å². The van der Waals surface area contributed by atoms with Gasteiger partial charge < -0.3 is 15.4 Å². The number of para-hydroxylation sites is 1. The van der Waals surface area contributed by atoms with Gasteiger partial charge in [0.25, 0.3) is 0 Å². The van der Waals surface area contributed by atoms with E-state index in [-0.39, 0.29) is 11.9 Å². The van der Waals surface area contributed by atoms with E-state index in [4.69, 9.17) is 10.5 Å². The van der Waals surface area contributed by atoms with Crippen molar-refractivity contribution in [2.75, 3.05) is 24.7 Å². The molecule has 0 spiro atoms. The van der Waals surface area contributed by atoms with Crippen molar-refractivity contribution >= 4 is 5.69 Å². The maximum atomic E-state index is 13.9. The molecule has 4 heteroatoms. The molecule has 1 aliphatic rings. The van der Waals surface area contributed by atoms with Crippen LogP contribution in [-0.2, 0) is 11.3 Å². The van der Waals surface area contributed by atoms with E-state index < -0.39 is 0 Å². The van der Waals surface area contributed by atoms with Gasteiger partial charge in [-0.1, -0.05) is 12.1 Å². The van der Waals surface area contributed by atoms with Crippen LogP contribution in [-0.4, -0.2) is 25.8 Å². The Morgan fingerprint density at radius 2 is 2.38 bits per heavy atom. The van der Waals surface area contributed by atoms with E-state index in [0.29, 0.717) is 25.4 Å². The molecular weight excluding hydrogens is 207 g/mol. The lowest BCUT2D eigenvalue weighted by Gasteiger charge is -2.36. The summed E-state index contributed by atoms with van der Waals surface area (Å²) in [6.07, 6.45) is 0. The number of anilines is 1. The summed E-state index contributed by atoms with van der Waals surface area (Å²) in [5.74, 6) is -0.197. The van der Waals surface area contributed by atoms with Crippen LogP contribution in [0.5, 0.6) is 0 Å². The number of nitrogens with zero attached hydrogens (tertiary/aromatic N) is 1. The molecule has 0 saturated carbocycles. The van der Waals surface area contributed by atoms with Crippen LogP contribution in [0.4, 0.5) is 10.1 Å². The molecule has 0 aliphatic carbocycles. The van der Waals surface area contributed by atoms with Gasteiger partial charge in [-0.05, 0) is 18.6 Å². The molecule has 0 radical (unpaired) electrons. The summed E-state index contributed by atoms with van der Waals surface area (Å²) in [6, 6.07) is 5.25. The van der Waals surface area contributed by atoms with Crippen LogP contribution in [0.2, 0.25) is 0 Å². The third-order valence-corrected chi connectivity index (χ3v) is 2.95. The summed E-state index contributed by atoms with van der Waals surface area (Å²) in [5, 5.41) is 0. The van der Waals surface area contributed by atoms with E-state index in [1.807, 2.05) is 17.9 Å². The first-order valence-electron chi connectivity index (χ1n) is 5.56. The summed E-state index contributed by atoms with van der Waals surface area (Å²) in [6.45, 7) is 4.39. The maximum absolute atomic E-state index is 13.9. The molecule has 1 aromatic carbocycles. The Labute approximate surface area is 95.0 Å². The van der Waals surface area contributed by atoms with E-state index >= 15 is 0 Å². The Bertz CT molecular complexity index is 370. The molecule has 1 aromatic rings. The molecule has 1 unspecified atom stereocenters. The highest BCUT2D eigenvalue weighted by molar-refractivity contribution is 5.55. The number of rotatable bonds is 2. The van der Waals surface area contributed by atoms with Gasteiger partial charge in [0.1, 0.15) is 5.82 Å². The van der Waals surface area contributed by atoms with Crippen molar-refractivity contribution in [3.05, 3.63) is 29.6 Å². The van der Waals surface area contributed by atoms with Gasteiger partial charge in [0.05, 0.1) is 18.9 Å². The number of halogens is 1. The van der Waals surface area contributed by atoms with Gasteiger partial charge >= 0.3 is 0 Å². The predicted octanol–water partition coefficient (Wildman–Crippen LogP) is 1.51. The van der Waals surface area contributed by atoms with Crippen molar-refractivity contribution in [1.29, 1.82) is 0 Å². The Balaban J connectivity index is 2.37. The van der Waals surface area contributed by atoms with Crippen molar-refractivity contribution in [3.8, 4) is 0 Å². The van der Waals surface area contributed by atoms with Crippen LogP contribution >= 0.6 is 0 Å². The van der Waals surface area contributed by atoms with E-state index in [2.05, 4.69) is 0 Å². The second-order valence-electron chi connectivity index (χ2n) is 4.07. The molecule has 0 bridgehead atoms. The largest absolute Gasteiger partial charge is 0.377 e. The third-order valence-electron chi connectivity index (χ3n) is 2.95. The second kappa shape index (κ2) is 4.80. The van der Waals surface area contributed by atoms with Crippen molar-refractivity contribution in [2.24, 2.45) is 5.73 Å². The maximum Gasteiger partial charge on any atom is 0.146 e. The van der Waals surface area contributed by atoms with E-state index in [0.717, 1.165) is 12.1 Å². The van der Waals surface area contributed by atoms with Crippen LogP contribution < -0.4 is 10.6 Å². The molecule has 0 aromatic heterocycles. The Hall–Kier alpha value is -1.13. The molecule has 16 heavy (non-hydrogen) atoms. The molecular formula is C12H17FN2O. The summed E-state index contributed by atoms with van der Waals surface area (Å²) < 4.78 is 19.2. The standard InChI is InChI=1S/C12H17FN2O/c1-9-8-16-6-5-15(9)12-10(7-14)3-2-4-11(12)13/h2-4,9H,5-8,14H2,1H3. The van der Waals surface area contributed by atoms with Crippen molar-refractivity contribution in [1.82, 2.24) is 0 Å². The zero-order valence-corrected chi connectivity index (χ0v) is 9.45. The average Bonchev–Trinajstić information content (AvgIpc) is 2.30. The van der Waals surface area contributed by atoms with Gasteiger partial charge in [0, 0.05) is 19.1 Å². The highest BCUT2D eigenvalue weighted by atomic mass is 19.1. The third kappa shape index (κ3) is 2.03. The molecule has 1 saturated heterocycles. The fraction of sp³-hybridized carbons (Fsp3) is 0.500. The van der Waals surface area contributed by atoms with Crippen LogP contribution in [0.15, 0.2) is 18.2 Å². The van der Waals surface area contributed by atoms with Gasteiger partial charge in [-0.3, -0.25) is 0 Å². The van der Waals surface area contributed by atoms with Gasteiger partial charge in [0.15, 0.2) is 0 Å². The first-order chi connectivity index (χ1) is 7.74. The van der Waals surface area contributed by atoms with E-state index in [9.17, 15) is 4.39 Å². The smallest absolute Gasteiger partial charge is 0.146 e. The zero-order valence-electron chi connectivity index (χ0n) is 9.45. The monoisotopic (exact) mass is 224 g/mol. The molecule has 2 N–H and O–H groups in total. The van der Waals surface area contributed by atoms with Crippen LogP contribution in [0.3, 0.4) is 0 Å². The number of ether oxygens (including phenoxy) is 1. The fourth-order valence-electron chi connectivity index (χ4n) is 2.11. The molecule has 3 nitrogen and oxygen atoms in total. The molecule has 1 fully saturated rings. The molecule has 88 valence electrons. The first kappa shape index (κ1) is 11.4. The summed E-state index contributed by atoms with van der Waals surface area (Å²) in [4.78, 5) is 2.04. The van der Waals surface area contributed by atoms with Gasteiger partial charge in [-0.25, -0.2) is 4.39 Å². The minimum atomic E-state index is -0.197. The Morgan fingerprint density at radius 1 is 1.56 bits per heavy atom. The van der Waals surface area contributed by atoms with Gasteiger partial charge in [-0.2, -0.15) is 0 Å². The number of nitrogens with two attached hydrogens (primary N) is 1. The van der Waals surface area contributed by atoms with Crippen molar-refractivity contribution in [2.45, 2.75) is 19.5 Å². The SMILES string of the molecule is CC1COCCN1c1c(F)cccc1CN. The minimum absolute atomic E-state index is 0.191. The second-order valence-corrected chi connectivity index (χ2v) is 4.07. The Morgan fingerprint density at radius 3 is 3.06 bits per heavy atom. The number of hydrogen-bond donors (Lipinski definition) is 1. The molecule has 1 aliphatic heterocycles. The highest BCUT2D eigenvalue weighted by Crippen LogP contribution is 2.27. The van der Waals surface area contributed by atoms with E-state index in [1.54, 1.807) is 6.07 Å². The minimum Gasteiger partial charge on any atom is -0.377 e. The lowest BCUT2D eigenvalue weighted by Crippen LogP contribution is -2.44. The molecule has 1 atom stereocenters. The zero-order chi connectivity index (χ0) is 11.5. The summed E-state index contributed by atoms with van der Waals surface area (Å²) in [7, 11) is 0. The normalized spacial score (nSPS) is 21.2. The highest BCUT2D eigenvalue weighted by Gasteiger charge is 2.23. The van der Waals surface area contributed by atoms with Crippen molar-refractivity contribution in [3.63, 3.8) is 0 Å². The molecule has 1 heterocycles. The Kier molecular flexibility index (Phi) is 3.41. The van der Waals surface area contributed by atoms with Crippen molar-refractivity contribution < 1.29 is 9.13 Å². The molecule has 0 amide bonds. The van der Waals surface area contributed by atoms with E-state index in [1.165, 1.54) is 6.07 Å². The number of hydrogen-bond acceptors (Lipinski definition) is 3. The lowest BCUT2D eigenvalue weighted by molar-refractivity contribution is 0.0985. The average molecular weight is 224 g/mol. The first-order valence-corrected chi connectivity index (χ1v) is 5.56. The van der Waals surface area contributed by atoms with Gasteiger partial charge in [-0.15, -0.1) is 0 Å². The summed E-state index contributed by atoms with van der Waals surface area (Å²) >= 11 is 0. The molecule has 2 rings (SSSR count). The topological polar surface area (TPSA) is 38.5 Å². The fourth-order valence-corrected chi connectivity index (χ4v) is 2.11. The lowest BCUT2D eigenvalue weighted by atomic mass is 10.1. The van der Waals surface area contributed by atoms with Gasteiger partial charge in [0.2, 0.25) is 0 Å². The quantitative estimate of drug-likeness (QED) is 0.827. The van der Waals surface area contributed by atoms with Crippen LogP contribution in [0.1, 0.15) is 12.5 Å².